The van der Waals surface area contributed by atoms with E-state index in [0.717, 1.165) is 24.9 Å². The lowest BCUT2D eigenvalue weighted by Crippen LogP contribution is -2.39. The van der Waals surface area contributed by atoms with Gasteiger partial charge in [-0.2, -0.15) is 0 Å². The molecule has 1 aromatic heterocycles. The number of aromatic nitrogens is 1. The zero-order chi connectivity index (χ0) is 13.4. The number of rotatable bonds is 1. The molecule has 3 nitrogen and oxygen atoms in total. The van der Waals surface area contributed by atoms with Crippen molar-refractivity contribution in [2.24, 2.45) is 5.92 Å². The van der Waals surface area contributed by atoms with E-state index in [-0.39, 0.29) is 11.7 Å². The van der Waals surface area contributed by atoms with Crippen LogP contribution in [0.5, 0.6) is 0 Å². The van der Waals surface area contributed by atoms with E-state index in [0.29, 0.717) is 17.1 Å². The lowest BCUT2D eigenvalue weighted by Gasteiger charge is -2.30. The van der Waals surface area contributed by atoms with Crippen molar-refractivity contribution in [3.63, 3.8) is 0 Å². The number of nitrogens with one attached hydrogen (secondary N) is 1. The average Bonchev–Trinajstić information content (AvgIpc) is 2.80. The molecule has 1 fully saturated rings. The van der Waals surface area contributed by atoms with Gasteiger partial charge in [0, 0.05) is 24.0 Å². The van der Waals surface area contributed by atoms with Gasteiger partial charge in [-0.05, 0) is 43.0 Å². The molecule has 1 amide bonds. The van der Waals surface area contributed by atoms with Crippen molar-refractivity contribution in [2.45, 2.75) is 19.8 Å². The number of carbonyl (C=O) groups excluding carboxylic acids is 1. The van der Waals surface area contributed by atoms with Crippen LogP contribution < -0.4 is 0 Å². The van der Waals surface area contributed by atoms with Gasteiger partial charge in [-0.1, -0.05) is 6.92 Å². The Kier molecular flexibility index (Phi) is 3.01. The molecule has 1 aliphatic heterocycles. The molecule has 1 saturated heterocycles. The Bertz CT molecular complexity index is 620. The summed E-state index contributed by atoms with van der Waals surface area (Å²) in [6.07, 6.45) is 2.24. The van der Waals surface area contributed by atoms with Crippen molar-refractivity contribution < 1.29 is 9.18 Å². The summed E-state index contributed by atoms with van der Waals surface area (Å²) in [6, 6.07) is 6.32. The number of likely N-dealkylation sites (tertiary alicyclic amines) is 1. The van der Waals surface area contributed by atoms with Crippen molar-refractivity contribution >= 4 is 16.8 Å². The quantitative estimate of drug-likeness (QED) is 0.840. The summed E-state index contributed by atoms with van der Waals surface area (Å²) in [7, 11) is 0. The minimum Gasteiger partial charge on any atom is -0.350 e. The number of benzene rings is 1. The molecule has 2 heterocycles. The van der Waals surface area contributed by atoms with E-state index < -0.39 is 0 Å². The Hall–Kier alpha value is -1.84. The first-order valence-electron chi connectivity index (χ1n) is 6.71. The number of halogens is 1. The summed E-state index contributed by atoms with van der Waals surface area (Å²) in [5, 5.41) is 0.870. The Morgan fingerprint density at radius 3 is 3.05 bits per heavy atom. The van der Waals surface area contributed by atoms with Crippen LogP contribution in [0.2, 0.25) is 0 Å². The van der Waals surface area contributed by atoms with Gasteiger partial charge >= 0.3 is 0 Å². The number of nitrogens with zero attached hydrogens (tertiary/aromatic N) is 1. The Labute approximate surface area is 111 Å². The van der Waals surface area contributed by atoms with Crippen molar-refractivity contribution in [3.05, 3.63) is 35.8 Å². The molecular formula is C15H17FN2O. The molecule has 3 rings (SSSR count). The Balaban J connectivity index is 1.88. The normalized spacial score (nSPS) is 19.9. The zero-order valence-corrected chi connectivity index (χ0v) is 10.9. The predicted molar refractivity (Wildman–Crippen MR) is 72.6 cm³/mol. The van der Waals surface area contributed by atoms with E-state index in [1.54, 1.807) is 12.1 Å². The molecular weight excluding hydrogens is 243 g/mol. The average molecular weight is 260 g/mol. The highest BCUT2D eigenvalue weighted by Crippen LogP contribution is 2.21. The highest BCUT2D eigenvalue weighted by Gasteiger charge is 2.23. The summed E-state index contributed by atoms with van der Waals surface area (Å²) < 4.78 is 13.1. The van der Waals surface area contributed by atoms with Gasteiger partial charge in [0.1, 0.15) is 11.5 Å². The maximum atomic E-state index is 13.1. The second-order valence-corrected chi connectivity index (χ2v) is 5.41. The number of hydrogen-bond donors (Lipinski definition) is 1. The van der Waals surface area contributed by atoms with Crippen LogP contribution in [0.15, 0.2) is 24.3 Å². The lowest BCUT2D eigenvalue weighted by atomic mass is 10.00. The van der Waals surface area contributed by atoms with Gasteiger partial charge in [0.05, 0.1) is 0 Å². The molecule has 1 unspecified atom stereocenters. The molecule has 1 aromatic carbocycles. The summed E-state index contributed by atoms with van der Waals surface area (Å²) in [4.78, 5) is 17.3. The number of H-pyrrole nitrogens is 1. The molecule has 1 aliphatic rings. The predicted octanol–water partition coefficient (Wildman–Crippen LogP) is 3.18. The number of carbonyl (C=O) groups is 1. The van der Waals surface area contributed by atoms with Gasteiger partial charge < -0.3 is 9.88 Å². The summed E-state index contributed by atoms with van der Waals surface area (Å²) in [5.41, 5.74) is 1.23. The third-order valence-corrected chi connectivity index (χ3v) is 3.76. The highest BCUT2D eigenvalue weighted by molar-refractivity contribution is 5.98. The fraction of sp³-hybridized carbons (Fsp3) is 0.400. The number of amides is 1. The van der Waals surface area contributed by atoms with E-state index in [4.69, 9.17) is 0 Å². The van der Waals surface area contributed by atoms with Crippen LogP contribution in [0.3, 0.4) is 0 Å². The number of aromatic amines is 1. The van der Waals surface area contributed by atoms with Crippen LogP contribution in [-0.2, 0) is 0 Å². The summed E-state index contributed by atoms with van der Waals surface area (Å²) in [5.74, 6) is 0.280. The van der Waals surface area contributed by atoms with Gasteiger partial charge in [0.2, 0.25) is 0 Å². The van der Waals surface area contributed by atoms with Gasteiger partial charge in [0.15, 0.2) is 0 Å². The molecule has 1 atom stereocenters. The van der Waals surface area contributed by atoms with E-state index in [1.165, 1.54) is 18.6 Å². The molecule has 19 heavy (non-hydrogen) atoms. The number of hydrogen-bond acceptors (Lipinski definition) is 1. The summed E-state index contributed by atoms with van der Waals surface area (Å²) in [6.45, 7) is 3.79. The molecule has 4 heteroatoms. The van der Waals surface area contributed by atoms with Crippen molar-refractivity contribution in [3.8, 4) is 0 Å². The minimum absolute atomic E-state index is 0.0168. The number of fused-ring (bicyclic) bond motifs is 1. The van der Waals surface area contributed by atoms with Crippen LogP contribution in [0.4, 0.5) is 4.39 Å². The lowest BCUT2D eigenvalue weighted by molar-refractivity contribution is 0.0678. The number of piperidine rings is 1. The van der Waals surface area contributed by atoms with Crippen LogP contribution >= 0.6 is 0 Å². The zero-order valence-electron chi connectivity index (χ0n) is 10.9. The standard InChI is InChI=1S/C15H17FN2O/c1-10-3-2-6-18(9-10)15(19)14-7-11-4-5-12(16)8-13(11)17-14/h4-5,7-8,10,17H,2-3,6,9H2,1H3. The first kappa shape index (κ1) is 12.2. The first-order valence-corrected chi connectivity index (χ1v) is 6.71. The van der Waals surface area contributed by atoms with Crippen molar-refractivity contribution in [2.75, 3.05) is 13.1 Å². The van der Waals surface area contributed by atoms with Crippen LogP contribution in [0.1, 0.15) is 30.3 Å². The third kappa shape index (κ3) is 2.35. The molecule has 0 aliphatic carbocycles. The molecule has 2 aromatic rings. The first-order chi connectivity index (χ1) is 9.13. The fourth-order valence-corrected chi connectivity index (χ4v) is 2.76. The molecule has 1 N–H and O–H groups in total. The maximum Gasteiger partial charge on any atom is 0.270 e. The molecule has 0 spiro atoms. The van der Waals surface area contributed by atoms with Gasteiger partial charge in [-0.3, -0.25) is 4.79 Å². The largest absolute Gasteiger partial charge is 0.350 e. The highest BCUT2D eigenvalue weighted by atomic mass is 19.1. The van der Waals surface area contributed by atoms with Crippen molar-refractivity contribution in [1.29, 1.82) is 0 Å². The molecule has 0 radical (unpaired) electrons. The van der Waals surface area contributed by atoms with Gasteiger partial charge in [0.25, 0.3) is 5.91 Å². The third-order valence-electron chi connectivity index (χ3n) is 3.76. The maximum absolute atomic E-state index is 13.1. The van der Waals surface area contributed by atoms with Crippen LogP contribution in [0.25, 0.3) is 10.9 Å². The van der Waals surface area contributed by atoms with Gasteiger partial charge in [-0.15, -0.1) is 0 Å². The minimum atomic E-state index is -0.292. The smallest absolute Gasteiger partial charge is 0.270 e. The Morgan fingerprint density at radius 2 is 2.26 bits per heavy atom. The van der Waals surface area contributed by atoms with Crippen LogP contribution in [-0.4, -0.2) is 28.9 Å². The van der Waals surface area contributed by atoms with Crippen molar-refractivity contribution in [1.82, 2.24) is 9.88 Å². The van der Waals surface area contributed by atoms with Gasteiger partial charge in [-0.25, -0.2) is 4.39 Å². The monoisotopic (exact) mass is 260 g/mol. The van der Waals surface area contributed by atoms with E-state index >= 15 is 0 Å². The molecule has 0 bridgehead atoms. The Morgan fingerprint density at radius 1 is 1.42 bits per heavy atom. The molecule has 100 valence electrons. The van der Waals surface area contributed by atoms with Crippen LogP contribution in [0, 0.1) is 11.7 Å². The van der Waals surface area contributed by atoms with E-state index in [9.17, 15) is 9.18 Å². The molecule has 0 saturated carbocycles. The fourth-order valence-electron chi connectivity index (χ4n) is 2.76. The second-order valence-electron chi connectivity index (χ2n) is 5.41. The SMILES string of the molecule is CC1CCCN(C(=O)c2cc3ccc(F)cc3[nH]2)C1. The summed E-state index contributed by atoms with van der Waals surface area (Å²) >= 11 is 0. The van der Waals surface area contributed by atoms with E-state index in [2.05, 4.69) is 11.9 Å². The second kappa shape index (κ2) is 4.68. The van der Waals surface area contributed by atoms with E-state index in [1.807, 2.05) is 4.90 Å². The topological polar surface area (TPSA) is 36.1 Å².